The van der Waals surface area contributed by atoms with Crippen LogP contribution in [0, 0.1) is 18.8 Å². The summed E-state index contributed by atoms with van der Waals surface area (Å²) in [6.45, 7) is 1.94. The van der Waals surface area contributed by atoms with Crippen molar-refractivity contribution in [1.29, 1.82) is 0 Å². The molecular formula is C19H21NO5. The Bertz CT molecular complexity index is 668. The van der Waals surface area contributed by atoms with Crippen molar-refractivity contribution in [2.45, 2.75) is 19.8 Å². The SMILES string of the molecule is Cc1ccc(OCCOC(=O)CN2C(=O)C3CC=CCC3C2=O)cc1. The van der Waals surface area contributed by atoms with Gasteiger partial charge in [0.25, 0.3) is 0 Å². The van der Waals surface area contributed by atoms with E-state index in [0.717, 1.165) is 10.5 Å². The van der Waals surface area contributed by atoms with Crippen LogP contribution in [0.2, 0.25) is 0 Å². The first-order valence-corrected chi connectivity index (χ1v) is 8.41. The van der Waals surface area contributed by atoms with Gasteiger partial charge in [0.1, 0.15) is 25.5 Å². The number of carbonyl (C=O) groups is 3. The minimum absolute atomic E-state index is 0.0668. The van der Waals surface area contributed by atoms with Crippen LogP contribution in [0.5, 0.6) is 5.75 Å². The van der Waals surface area contributed by atoms with E-state index in [1.165, 1.54) is 0 Å². The second-order valence-electron chi connectivity index (χ2n) is 6.30. The molecular weight excluding hydrogens is 322 g/mol. The van der Waals surface area contributed by atoms with E-state index in [1.807, 2.05) is 43.3 Å². The maximum absolute atomic E-state index is 12.3. The van der Waals surface area contributed by atoms with Crippen LogP contribution >= 0.6 is 0 Å². The van der Waals surface area contributed by atoms with Gasteiger partial charge < -0.3 is 9.47 Å². The maximum Gasteiger partial charge on any atom is 0.326 e. The summed E-state index contributed by atoms with van der Waals surface area (Å²) in [5, 5.41) is 0. The lowest BCUT2D eigenvalue weighted by Crippen LogP contribution is -2.37. The fourth-order valence-corrected chi connectivity index (χ4v) is 3.15. The van der Waals surface area contributed by atoms with Crippen LogP contribution in [0.15, 0.2) is 36.4 Å². The Kier molecular flexibility index (Phi) is 5.16. The van der Waals surface area contributed by atoms with E-state index in [1.54, 1.807) is 0 Å². The molecule has 0 spiro atoms. The monoisotopic (exact) mass is 343 g/mol. The summed E-state index contributed by atoms with van der Waals surface area (Å²) in [5.74, 6) is -1.09. The van der Waals surface area contributed by atoms with Crippen LogP contribution in [0.1, 0.15) is 18.4 Å². The Morgan fingerprint density at radius 1 is 1.04 bits per heavy atom. The van der Waals surface area contributed by atoms with Crippen LogP contribution in [-0.2, 0) is 19.1 Å². The van der Waals surface area contributed by atoms with Crippen molar-refractivity contribution in [2.75, 3.05) is 19.8 Å². The standard InChI is InChI=1S/C19H21NO5/c1-13-6-8-14(9-7-13)24-10-11-25-17(21)12-20-18(22)15-4-2-3-5-16(15)19(20)23/h2-3,6-9,15-16H,4-5,10-12H2,1H3. The molecule has 0 aromatic heterocycles. The molecule has 3 rings (SSSR count). The molecule has 0 radical (unpaired) electrons. The number of fused-ring (bicyclic) bond motifs is 1. The molecule has 25 heavy (non-hydrogen) atoms. The van der Waals surface area contributed by atoms with Crippen LogP contribution in [0.3, 0.4) is 0 Å². The number of imide groups is 1. The number of amides is 2. The van der Waals surface area contributed by atoms with Crippen LogP contribution in [0.4, 0.5) is 0 Å². The predicted molar refractivity (Wildman–Crippen MR) is 89.7 cm³/mol. The molecule has 0 N–H and O–H groups in total. The quantitative estimate of drug-likeness (QED) is 0.341. The minimum atomic E-state index is -0.596. The van der Waals surface area contributed by atoms with Gasteiger partial charge in [0.2, 0.25) is 11.8 Å². The van der Waals surface area contributed by atoms with Crippen molar-refractivity contribution in [3.63, 3.8) is 0 Å². The Balaban J connectivity index is 1.42. The molecule has 1 aromatic carbocycles. The molecule has 1 heterocycles. The molecule has 2 aliphatic rings. The van der Waals surface area contributed by atoms with Gasteiger partial charge in [-0.3, -0.25) is 19.3 Å². The third-order valence-electron chi connectivity index (χ3n) is 4.52. The average Bonchev–Trinajstić information content (AvgIpc) is 2.86. The first-order chi connectivity index (χ1) is 12.1. The number of hydrogen-bond acceptors (Lipinski definition) is 5. The molecule has 1 aliphatic heterocycles. The molecule has 132 valence electrons. The lowest BCUT2D eigenvalue weighted by atomic mass is 9.85. The fourth-order valence-electron chi connectivity index (χ4n) is 3.15. The molecule has 1 aromatic rings. The minimum Gasteiger partial charge on any atom is -0.490 e. The molecule has 1 aliphatic carbocycles. The van der Waals surface area contributed by atoms with E-state index < -0.39 is 5.97 Å². The number of ether oxygens (including phenoxy) is 2. The number of allylic oxidation sites excluding steroid dienone is 2. The molecule has 2 atom stereocenters. The topological polar surface area (TPSA) is 72.9 Å². The third kappa shape index (κ3) is 3.90. The summed E-state index contributed by atoms with van der Waals surface area (Å²) in [6, 6.07) is 7.55. The van der Waals surface area contributed by atoms with Gasteiger partial charge in [-0.05, 0) is 31.9 Å². The second-order valence-corrected chi connectivity index (χ2v) is 6.30. The van der Waals surface area contributed by atoms with E-state index in [2.05, 4.69) is 0 Å². The molecule has 1 saturated heterocycles. The first kappa shape index (κ1) is 17.2. The Labute approximate surface area is 146 Å². The number of esters is 1. The predicted octanol–water partition coefficient (Wildman–Crippen LogP) is 1.87. The largest absolute Gasteiger partial charge is 0.490 e. The van der Waals surface area contributed by atoms with E-state index in [-0.39, 0.29) is 43.4 Å². The third-order valence-corrected chi connectivity index (χ3v) is 4.52. The van der Waals surface area contributed by atoms with E-state index in [9.17, 15) is 14.4 Å². The Hall–Kier alpha value is -2.63. The fraction of sp³-hybridized carbons (Fsp3) is 0.421. The van der Waals surface area contributed by atoms with E-state index in [0.29, 0.717) is 18.6 Å². The van der Waals surface area contributed by atoms with Crippen molar-refractivity contribution in [3.8, 4) is 5.75 Å². The zero-order valence-electron chi connectivity index (χ0n) is 14.1. The van der Waals surface area contributed by atoms with Gasteiger partial charge in [-0.1, -0.05) is 29.8 Å². The number of carbonyl (C=O) groups excluding carboxylic acids is 3. The smallest absolute Gasteiger partial charge is 0.326 e. The number of benzene rings is 1. The number of hydrogen-bond donors (Lipinski definition) is 0. The summed E-state index contributed by atoms with van der Waals surface area (Å²) >= 11 is 0. The number of nitrogens with zero attached hydrogens (tertiary/aromatic N) is 1. The molecule has 1 fully saturated rings. The summed E-state index contributed by atoms with van der Waals surface area (Å²) < 4.78 is 10.5. The molecule has 0 saturated carbocycles. The molecule has 6 nitrogen and oxygen atoms in total. The lowest BCUT2D eigenvalue weighted by molar-refractivity contribution is -0.153. The van der Waals surface area contributed by atoms with Crippen molar-refractivity contribution < 1.29 is 23.9 Å². The lowest BCUT2D eigenvalue weighted by Gasteiger charge is -2.14. The normalized spacial score (nSPS) is 22.0. The molecule has 0 bridgehead atoms. The number of likely N-dealkylation sites (tertiary alicyclic amines) is 1. The number of rotatable bonds is 6. The van der Waals surface area contributed by atoms with Gasteiger partial charge in [0.15, 0.2) is 0 Å². The summed E-state index contributed by atoms with van der Waals surface area (Å²) in [7, 11) is 0. The first-order valence-electron chi connectivity index (χ1n) is 8.41. The summed E-state index contributed by atoms with van der Waals surface area (Å²) in [5.41, 5.74) is 1.13. The van der Waals surface area contributed by atoms with E-state index in [4.69, 9.17) is 9.47 Å². The summed E-state index contributed by atoms with van der Waals surface area (Å²) in [4.78, 5) is 37.5. The molecule has 6 heteroatoms. The van der Waals surface area contributed by atoms with Crippen molar-refractivity contribution >= 4 is 17.8 Å². The highest BCUT2D eigenvalue weighted by Gasteiger charge is 2.47. The maximum atomic E-state index is 12.3. The molecule has 2 unspecified atom stereocenters. The highest BCUT2D eigenvalue weighted by molar-refractivity contribution is 6.07. The Morgan fingerprint density at radius 3 is 2.24 bits per heavy atom. The van der Waals surface area contributed by atoms with Crippen molar-refractivity contribution in [1.82, 2.24) is 4.90 Å². The van der Waals surface area contributed by atoms with Crippen molar-refractivity contribution in [2.24, 2.45) is 11.8 Å². The van der Waals surface area contributed by atoms with Crippen LogP contribution < -0.4 is 4.74 Å². The van der Waals surface area contributed by atoms with Gasteiger partial charge in [-0.15, -0.1) is 0 Å². The zero-order chi connectivity index (χ0) is 17.8. The highest BCUT2D eigenvalue weighted by atomic mass is 16.6. The summed E-state index contributed by atoms with van der Waals surface area (Å²) in [6.07, 6.45) is 4.95. The highest BCUT2D eigenvalue weighted by Crippen LogP contribution is 2.34. The Morgan fingerprint density at radius 2 is 1.64 bits per heavy atom. The zero-order valence-corrected chi connectivity index (χ0v) is 14.1. The van der Waals surface area contributed by atoms with Crippen LogP contribution in [0.25, 0.3) is 0 Å². The van der Waals surface area contributed by atoms with Gasteiger partial charge in [0.05, 0.1) is 11.8 Å². The second kappa shape index (κ2) is 7.51. The van der Waals surface area contributed by atoms with Gasteiger partial charge in [0, 0.05) is 0 Å². The number of aryl methyl sites for hydroxylation is 1. The van der Waals surface area contributed by atoms with Crippen LogP contribution in [-0.4, -0.2) is 42.4 Å². The average molecular weight is 343 g/mol. The van der Waals surface area contributed by atoms with Crippen molar-refractivity contribution in [3.05, 3.63) is 42.0 Å². The van der Waals surface area contributed by atoms with E-state index >= 15 is 0 Å². The van der Waals surface area contributed by atoms with Gasteiger partial charge >= 0.3 is 5.97 Å². The van der Waals surface area contributed by atoms with Gasteiger partial charge in [-0.25, -0.2) is 0 Å². The molecule has 2 amide bonds. The van der Waals surface area contributed by atoms with Gasteiger partial charge in [-0.2, -0.15) is 0 Å².